The number of pyridine rings is 1. The first-order valence-corrected chi connectivity index (χ1v) is 16.9. The first-order chi connectivity index (χ1) is 21.0. The Morgan fingerprint density at radius 2 is 1.56 bits per heavy atom. The normalized spacial score (nSPS) is 21.6. The molecule has 230 valence electrons. The Hall–Kier alpha value is -3.10. The lowest BCUT2D eigenvalue weighted by Crippen LogP contribution is -2.49. The van der Waals surface area contributed by atoms with Gasteiger partial charge in [0.15, 0.2) is 5.65 Å². The highest BCUT2D eigenvalue weighted by Crippen LogP contribution is 2.43. The molecule has 7 rings (SSSR count). The number of nitrogens with zero attached hydrogens (tertiary/aromatic N) is 6. The zero-order chi connectivity index (χ0) is 29.4. The van der Waals surface area contributed by atoms with Gasteiger partial charge in [-0.2, -0.15) is 17.8 Å². The van der Waals surface area contributed by atoms with Gasteiger partial charge in [0.05, 0.1) is 48.9 Å². The van der Waals surface area contributed by atoms with E-state index in [2.05, 4.69) is 14.5 Å². The molecule has 0 bridgehead atoms. The molecule has 1 aliphatic carbocycles. The molecule has 0 radical (unpaired) electrons. The molecule has 0 atom stereocenters. The number of anilines is 1. The van der Waals surface area contributed by atoms with E-state index in [-0.39, 0.29) is 18.8 Å². The van der Waals surface area contributed by atoms with Gasteiger partial charge in [-0.1, -0.05) is 24.6 Å². The molecule has 4 fully saturated rings. The van der Waals surface area contributed by atoms with Crippen LogP contribution in [0.4, 0.5) is 5.69 Å². The number of hydrogen-bond donors (Lipinski definition) is 1. The predicted molar refractivity (Wildman–Crippen MR) is 162 cm³/mol. The number of amides is 1. The van der Waals surface area contributed by atoms with Crippen molar-refractivity contribution in [2.24, 2.45) is 0 Å². The molecule has 3 aromatic rings. The summed E-state index contributed by atoms with van der Waals surface area (Å²) in [6.07, 6.45) is 5.31. The van der Waals surface area contributed by atoms with Crippen molar-refractivity contribution in [3.63, 3.8) is 0 Å². The number of aromatic nitrogens is 3. The Morgan fingerprint density at radius 1 is 0.884 bits per heavy atom. The largest absolute Gasteiger partial charge is 0.379 e. The number of benzene rings is 1. The quantitative estimate of drug-likeness (QED) is 0.430. The first kappa shape index (κ1) is 28.7. The van der Waals surface area contributed by atoms with Crippen LogP contribution in [-0.2, 0) is 19.7 Å². The minimum atomic E-state index is -4.04. The number of carbonyl (C=O) groups excluding carboxylic acids is 1. The second-order valence-corrected chi connectivity index (χ2v) is 13.5. The molecule has 1 N–H and O–H groups in total. The fraction of sp³-hybridized carbons (Fsp3) is 0.567. The van der Waals surface area contributed by atoms with Gasteiger partial charge in [0, 0.05) is 51.2 Å². The van der Waals surface area contributed by atoms with Crippen LogP contribution < -0.4 is 9.62 Å². The molecule has 43 heavy (non-hydrogen) atoms. The van der Waals surface area contributed by atoms with Crippen LogP contribution in [-0.4, -0.2) is 110 Å². The number of rotatable bonds is 7. The number of piperidine rings is 1. The van der Waals surface area contributed by atoms with E-state index in [9.17, 15) is 13.2 Å². The fourth-order valence-corrected chi connectivity index (χ4v) is 7.74. The topological polar surface area (TPSA) is 122 Å². The van der Waals surface area contributed by atoms with E-state index in [0.717, 1.165) is 94.0 Å². The van der Waals surface area contributed by atoms with E-state index in [1.807, 2.05) is 35.0 Å². The van der Waals surface area contributed by atoms with Crippen LogP contribution >= 0.6 is 0 Å². The van der Waals surface area contributed by atoms with Crippen LogP contribution in [0, 0.1) is 0 Å². The second kappa shape index (κ2) is 12.1. The van der Waals surface area contributed by atoms with Crippen molar-refractivity contribution in [2.75, 3.05) is 70.6 Å². The Bertz CT molecular complexity index is 1560. The molecule has 1 saturated carbocycles. The summed E-state index contributed by atoms with van der Waals surface area (Å²) < 4.78 is 42.4. The van der Waals surface area contributed by atoms with Gasteiger partial charge in [-0.25, -0.2) is 14.4 Å². The zero-order valence-electron chi connectivity index (χ0n) is 24.4. The molecule has 13 heteroatoms. The SMILES string of the molecule is O=C(NS(=O)(=O)N1CCOCC1)c1cc(N2CCC(N3CCOCC3)CC2)c2c(C3CCC3)nn(-c3ccccc3)c2n1. The number of para-hydroxylation sites is 1. The Labute approximate surface area is 252 Å². The molecule has 12 nitrogen and oxygen atoms in total. The van der Waals surface area contributed by atoms with Gasteiger partial charge >= 0.3 is 10.2 Å². The number of ether oxygens (including phenoxy) is 2. The highest BCUT2D eigenvalue weighted by molar-refractivity contribution is 7.87. The van der Waals surface area contributed by atoms with Crippen LogP contribution in [0.5, 0.6) is 0 Å². The van der Waals surface area contributed by atoms with Crippen LogP contribution in [0.2, 0.25) is 0 Å². The molecule has 5 heterocycles. The fourth-order valence-electron chi connectivity index (χ4n) is 6.64. The summed E-state index contributed by atoms with van der Waals surface area (Å²) in [5, 5.41) is 6.07. The Morgan fingerprint density at radius 3 is 2.21 bits per heavy atom. The first-order valence-electron chi connectivity index (χ1n) is 15.4. The highest BCUT2D eigenvalue weighted by Gasteiger charge is 2.34. The van der Waals surface area contributed by atoms with Gasteiger partial charge in [-0.3, -0.25) is 9.69 Å². The van der Waals surface area contributed by atoms with E-state index in [4.69, 9.17) is 19.6 Å². The van der Waals surface area contributed by atoms with E-state index in [0.29, 0.717) is 30.8 Å². The van der Waals surface area contributed by atoms with Gasteiger partial charge in [0.25, 0.3) is 5.91 Å². The molecule has 3 saturated heterocycles. The molecule has 1 amide bonds. The lowest BCUT2D eigenvalue weighted by Gasteiger charge is -2.41. The van der Waals surface area contributed by atoms with Crippen molar-refractivity contribution in [2.45, 2.75) is 44.1 Å². The monoisotopic (exact) mass is 609 g/mol. The third kappa shape index (κ3) is 5.76. The minimum absolute atomic E-state index is 0.0619. The van der Waals surface area contributed by atoms with Crippen LogP contribution in [0.1, 0.15) is 54.2 Å². The minimum Gasteiger partial charge on any atom is -0.379 e. The lowest BCUT2D eigenvalue weighted by atomic mass is 9.82. The van der Waals surface area contributed by atoms with Gasteiger partial charge in [-0.05, 0) is 43.9 Å². The average molecular weight is 610 g/mol. The third-order valence-electron chi connectivity index (χ3n) is 9.27. The highest BCUT2D eigenvalue weighted by atomic mass is 32.2. The number of nitrogens with one attached hydrogen (secondary N) is 1. The van der Waals surface area contributed by atoms with Crippen molar-refractivity contribution in [3.8, 4) is 5.69 Å². The number of morpholine rings is 2. The van der Waals surface area contributed by atoms with Crippen molar-refractivity contribution in [3.05, 3.63) is 47.8 Å². The molecule has 3 aliphatic heterocycles. The van der Waals surface area contributed by atoms with Gasteiger partial charge < -0.3 is 14.4 Å². The van der Waals surface area contributed by atoms with E-state index in [1.54, 1.807) is 6.07 Å². The van der Waals surface area contributed by atoms with E-state index >= 15 is 0 Å². The Kier molecular flexibility index (Phi) is 8.08. The van der Waals surface area contributed by atoms with E-state index < -0.39 is 16.1 Å². The molecular weight excluding hydrogens is 570 g/mol. The van der Waals surface area contributed by atoms with Crippen LogP contribution in [0.3, 0.4) is 0 Å². The van der Waals surface area contributed by atoms with Crippen LogP contribution in [0.15, 0.2) is 36.4 Å². The summed E-state index contributed by atoms with van der Waals surface area (Å²) in [5.41, 5.74) is 3.40. The summed E-state index contributed by atoms with van der Waals surface area (Å²) in [5.74, 6) is -0.413. The summed E-state index contributed by atoms with van der Waals surface area (Å²) in [6.45, 7) is 6.12. The Balaban J connectivity index is 1.28. The molecular formula is C30H39N7O5S. The summed E-state index contributed by atoms with van der Waals surface area (Å²) in [4.78, 5) is 23.3. The molecule has 4 aliphatic rings. The standard InChI is InChI=1S/C30H39N7O5S/c38-30(33-43(39,40)36-15-19-42-20-16-36)25-21-26(35-11-9-23(10-12-35)34-13-17-41-18-14-34)27-28(22-5-4-6-22)32-37(29(27)31-25)24-7-2-1-3-8-24/h1-3,7-8,21-23H,4-6,9-20H2,(H,33,38). The molecule has 0 unspecified atom stereocenters. The second-order valence-electron chi connectivity index (χ2n) is 11.8. The van der Waals surface area contributed by atoms with Crippen molar-refractivity contribution >= 4 is 32.8 Å². The molecule has 1 aromatic carbocycles. The third-order valence-corrected chi connectivity index (χ3v) is 10.8. The molecule has 2 aromatic heterocycles. The zero-order valence-corrected chi connectivity index (χ0v) is 25.2. The van der Waals surface area contributed by atoms with Gasteiger partial charge in [0.2, 0.25) is 0 Å². The number of carbonyl (C=O) groups is 1. The lowest BCUT2D eigenvalue weighted by molar-refractivity contribution is 0.0115. The van der Waals surface area contributed by atoms with E-state index in [1.165, 1.54) is 4.31 Å². The van der Waals surface area contributed by atoms with Crippen molar-refractivity contribution < 1.29 is 22.7 Å². The summed E-state index contributed by atoms with van der Waals surface area (Å²) >= 11 is 0. The average Bonchev–Trinajstić information content (AvgIpc) is 3.40. The number of fused-ring (bicyclic) bond motifs is 1. The summed E-state index contributed by atoms with van der Waals surface area (Å²) in [7, 11) is -4.04. The predicted octanol–water partition coefficient (Wildman–Crippen LogP) is 2.30. The van der Waals surface area contributed by atoms with Crippen molar-refractivity contribution in [1.82, 2.24) is 28.7 Å². The maximum Gasteiger partial charge on any atom is 0.304 e. The molecule has 0 spiro atoms. The van der Waals surface area contributed by atoms with Crippen molar-refractivity contribution in [1.29, 1.82) is 0 Å². The summed E-state index contributed by atoms with van der Waals surface area (Å²) in [6, 6.07) is 12.1. The smallest absolute Gasteiger partial charge is 0.304 e. The van der Waals surface area contributed by atoms with Gasteiger partial charge in [0.1, 0.15) is 5.69 Å². The maximum absolute atomic E-state index is 13.6. The van der Waals surface area contributed by atoms with Gasteiger partial charge in [-0.15, -0.1) is 0 Å². The van der Waals surface area contributed by atoms with Crippen LogP contribution in [0.25, 0.3) is 16.7 Å². The number of hydrogen-bond acceptors (Lipinski definition) is 9. The maximum atomic E-state index is 13.6.